The van der Waals surface area contributed by atoms with Crippen LogP contribution in [0.3, 0.4) is 0 Å². The molecule has 1 rings (SSSR count). The van der Waals surface area contributed by atoms with Crippen molar-refractivity contribution in [2.24, 2.45) is 0 Å². The van der Waals surface area contributed by atoms with Crippen LogP contribution in [0.2, 0.25) is 0 Å². The zero-order valence-electron chi connectivity index (χ0n) is 7.70. The van der Waals surface area contributed by atoms with Crippen molar-refractivity contribution >= 4 is 5.82 Å². The number of hydrogen-bond acceptors (Lipinski definition) is 4. The van der Waals surface area contributed by atoms with Crippen LogP contribution in [0.4, 0.5) is 5.82 Å². The normalized spacial score (nSPS) is 12.5. The maximum Gasteiger partial charge on any atom is 0.290 e. The van der Waals surface area contributed by atoms with Gasteiger partial charge in [-0.3, -0.25) is 4.79 Å². The molecule has 0 aromatic carbocycles. The molecule has 0 amide bonds. The molecule has 0 unspecified atom stereocenters. The zero-order valence-corrected chi connectivity index (χ0v) is 7.70. The van der Waals surface area contributed by atoms with Gasteiger partial charge in [-0.2, -0.15) is 0 Å². The van der Waals surface area contributed by atoms with Gasteiger partial charge in [-0.1, -0.05) is 0 Å². The Labute approximate surface area is 76.2 Å². The van der Waals surface area contributed by atoms with Crippen LogP contribution in [0.15, 0.2) is 17.2 Å². The predicted octanol–water partition coefficient (Wildman–Crippen LogP) is 0.217. The highest BCUT2D eigenvalue weighted by Gasteiger charge is 2.04. The van der Waals surface area contributed by atoms with E-state index >= 15 is 0 Å². The summed E-state index contributed by atoms with van der Waals surface area (Å²) in [6.07, 6.45) is 3.03. The molecule has 72 valence electrons. The van der Waals surface area contributed by atoms with Gasteiger partial charge in [0.2, 0.25) is 0 Å². The van der Waals surface area contributed by atoms with Gasteiger partial charge in [-0.15, -0.1) is 0 Å². The Kier molecular flexibility index (Phi) is 3.45. The van der Waals surface area contributed by atoms with E-state index in [4.69, 9.17) is 4.74 Å². The van der Waals surface area contributed by atoms with Crippen LogP contribution in [0.1, 0.15) is 6.92 Å². The molecule has 0 fully saturated rings. The van der Waals surface area contributed by atoms with Gasteiger partial charge in [0.25, 0.3) is 5.56 Å². The molecule has 1 atom stereocenters. The van der Waals surface area contributed by atoms with Gasteiger partial charge in [-0.05, 0) is 6.92 Å². The average Bonchev–Trinajstić information content (AvgIpc) is 2.09. The number of hydrogen-bond donors (Lipinski definition) is 2. The fourth-order valence-electron chi connectivity index (χ4n) is 0.980. The second-order valence-electron chi connectivity index (χ2n) is 2.77. The SMILES string of the molecule is COC[C@@H](C)Nc1ncc[nH]c1=O. The summed E-state index contributed by atoms with van der Waals surface area (Å²) in [5.74, 6) is 0.326. The summed E-state index contributed by atoms with van der Waals surface area (Å²) in [5, 5.41) is 2.93. The van der Waals surface area contributed by atoms with Crippen LogP contribution in [0, 0.1) is 0 Å². The highest BCUT2D eigenvalue weighted by Crippen LogP contribution is 1.94. The Bertz CT molecular complexity index is 310. The second kappa shape index (κ2) is 4.61. The first-order valence-electron chi connectivity index (χ1n) is 4.03. The zero-order chi connectivity index (χ0) is 9.68. The fraction of sp³-hybridized carbons (Fsp3) is 0.500. The molecule has 5 heteroatoms. The van der Waals surface area contributed by atoms with Crippen molar-refractivity contribution in [2.45, 2.75) is 13.0 Å². The Morgan fingerprint density at radius 1 is 1.77 bits per heavy atom. The van der Waals surface area contributed by atoms with Gasteiger partial charge in [0.15, 0.2) is 5.82 Å². The second-order valence-corrected chi connectivity index (χ2v) is 2.77. The lowest BCUT2D eigenvalue weighted by atomic mass is 10.3. The van der Waals surface area contributed by atoms with Gasteiger partial charge < -0.3 is 15.0 Å². The van der Waals surface area contributed by atoms with E-state index in [0.717, 1.165) is 0 Å². The Balaban J connectivity index is 2.63. The average molecular weight is 183 g/mol. The number of aromatic nitrogens is 2. The minimum absolute atomic E-state index is 0.0704. The van der Waals surface area contributed by atoms with E-state index in [1.54, 1.807) is 7.11 Å². The topological polar surface area (TPSA) is 67.0 Å². The van der Waals surface area contributed by atoms with Crippen molar-refractivity contribution in [1.82, 2.24) is 9.97 Å². The van der Waals surface area contributed by atoms with Crippen LogP contribution < -0.4 is 10.9 Å². The lowest BCUT2D eigenvalue weighted by Crippen LogP contribution is -2.26. The molecule has 1 heterocycles. The standard InChI is InChI=1S/C8H13N3O2/c1-6(5-13-2)11-7-8(12)10-4-3-9-7/h3-4,6H,5H2,1-2H3,(H,9,11)(H,10,12)/t6-/m1/s1. The molecule has 0 bridgehead atoms. The smallest absolute Gasteiger partial charge is 0.290 e. The van der Waals surface area contributed by atoms with Gasteiger partial charge in [0, 0.05) is 25.5 Å². The number of nitrogens with one attached hydrogen (secondary N) is 2. The van der Waals surface area contributed by atoms with E-state index < -0.39 is 0 Å². The number of methoxy groups -OCH3 is 1. The summed E-state index contributed by atoms with van der Waals surface area (Å²) in [6.45, 7) is 2.45. The molecule has 0 radical (unpaired) electrons. The number of rotatable bonds is 4. The molecular weight excluding hydrogens is 170 g/mol. The fourth-order valence-corrected chi connectivity index (χ4v) is 0.980. The highest BCUT2D eigenvalue weighted by atomic mass is 16.5. The van der Waals surface area contributed by atoms with Gasteiger partial charge in [0.05, 0.1) is 6.61 Å². The lowest BCUT2D eigenvalue weighted by Gasteiger charge is -2.11. The third kappa shape index (κ3) is 2.87. The van der Waals surface area contributed by atoms with Gasteiger partial charge in [-0.25, -0.2) is 4.98 Å². The molecule has 0 aliphatic carbocycles. The van der Waals surface area contributed by atoms with E-state index in [-0.39, 0.29) is 11.6 Å². The summed E-state index contributed by atoms with van der Waals surface area (Å²) in [4.78, 5) is 17.6. The van der Waals surface area contributed by atoms with Crippen LogP contribution in [-0.4, -0.2) is 29.7 Å². The van der Waals surface area contributed by atoms with Gasteiger partial charge in [0.1, 0.15) is 0 Å². The van der Waals surface area contributed by atoms with Crippen LogP contribution >= 0.6 is 0 Å². The Hall–Kier alpha value is -1.36. The first-order chi connectivity index (χ1) is 6.24. The number of aromatic amines is 1. The highest BCUT2D eigenvalue weighted by molar-refractivity contribution is 5.31. The molecule has 0 spiro atoms. The van der Waals surface area contributed by atoms with Crippen LogP contribution in [0.25, 0.3) is 0 Å². The first kappa shape index (κ1) is 9.73. The van der Waals surface area contributed by atoms with E-state index in [1.807, 2.05) is 6.92 Å². The van der Waals surface area contributed by atoms with Crippen molar-refractivity contribution in [1.29, 1.82) is 0 Å². The Morgan fingerprint density at radius 2 is 2.54 bits per heavy atom. The van der Waals surface area contributed by atoms with Crippen molar-refractivity contribution < 1.29 is 4.74 Å². The van der Waals surface area contributed by atoms with Gasteiger partial charge >= 0.3 is 0 Å². The first-order valence-corrected chi connectivity index (χ1v) is 4.03. The predicted molar refractivity (Wildman–Crippen MR) is 49.8 cm³/mol. The molecule has 1 aromatic rings. The summed E-state index contributed by atoms with van der Waals surface area (Å²) >= 11 is 0. The van der Waals surface area contributed by atoms with Crippen LogP contribution in [-0.2, 0) is 4.74 Å². The number of nitrogens with zero attached hydrogens (tertiary/aromatic N) is 1. The summed E-state index contributed by atoms with van der Waals surface area (Å²) in [5.41, 5.74) is -0.217. The molecule has 0 aliphatic rings. The van der Waals surface area contributed by atoms with Crippen molar-refractivity contribution in [3.05, 3.63) is 22.7 Å². The van der Waals surface area contributed by atoms with E-state index in [9.17, 15) is 4.79 Å². The third-order valence-electron chi connectivity index (χ3n) is 1.51. The van der Waals surface area contributed by atoms with E-state index in [1.165, 1.54) is 12.4 Å². The Morgan fingerprint density at radius 3 is 3.15 bits per heavy atom. The lowest BCUT2D eigenvalue weighted by molar-refractivity contribution is 0.190. The van der Waals surface area contributed by atoms with Crippen LogP contribution in [0.5, 0.6) is 0 Å². The molecule has 13 heavy (non-hydrogen) atoms. The van der Waals surface area contributed by atoms with E-state index in [0.29, 0.717) is 12.4 Å². The van der Waals surface area contributed by atoms with Crippen molar-refractivity contribution in [2.75, 3.05) is 19.0 Å². The van der Waals surface area contributed by atoms with Crippen molar-refractivity contribution in [3.8, 4) is 0 Å². The minimum atomic E-state index is -0.217. The van der Waals surface area contributed by atoms with Crippen molar-refractivity contribution in [3.63, 3.8) is 0 Å². The number of H-pyrrole nitrogens is 1. The maximum absolute atomic E-state index is 11.1. The summed E-state index contributed by atoms with van der Waals surface area (Å²) < 4.78 is 4.91. The minimum Gasteiger partial charge on any atom is -0.383 e. The maximum atomic E-state index is 11.1. The quantitative estimate of drug-likeness (QED) is 0.700. The van der Waals surface area contributed by atoms with E-state index in [2.05, 4.69) is 15.3 Å². The molecule has 1 aromatic heterocycles. The summed E-state index contributed by atoms with van der Waals surface area (Å²) in [6, 6.07) is 0.0704. The summed E-state index contributed by atoms with van der Waals surface area (Å²) in [7, 11) is 1.61. The molecule has 0 aliphatic heterocycles. The third-order valence-corrected chi connectivity index (χ3v) is 1.51. The molecule has 0 saturated carbocycles. The molecule has 5 nitrogen and oxygen atoms in total. The molecule has 2 N–H and O–H groups in total. The number of anilines is 1. The molecular formula is C8H13N3O2. The monoisotopic (exact) mass is 183 g/mol. The molecule has 0 saturated heterocycles. The number of ether oxygens (including phenoxy) is 1. The largest absolute Gasteiger partial charge is 0.383 e.